The molecular weight excluding hydrogens is 471 g/mol. The first-order chi connectivity index (χ1) is 14.0. The first-order valence-electron chi connectivity index (χ1n) is 8.47. The van der Waals surface area contributed by atoms with Gasteiger partial charge in [0.25, 0.3) is 19.7 Å². The Bertz CT molecular complexity index is 1320. The van der Waals surface area contributed by atoms with Crippen molar-refractivity contribution < 1.29 is 21.6 Å². The summed E-state index contributed by atoms with van der Waals surface area (Å²) in [6, 6.07) is 11.5. The zero-order chi connectivity index (χ0) is 22.3. The highest BCUT2D eigenvalue weighted by Crippen LogP contribution is 2.28. The van der Waals surface area contributed by atoms with Crippen LogP contribution in [-0.2, 0) is 26.2 Å². The molecule has 0 spiro atoms. The minimum Gasteiger partial charge on any atom is -0.617 e. The highest BCUT2D eigenvalue weighted by Gasteiger charge is 2.37. The average molecular weight is 487 g/mol. The molecule has 0 aliphatic heterocycles. The second-order valence-electron chi connectivity index (χ2n) is 6.36. The fourth-order valence-electron chi connectivity index (χ4n) is 2.89. The van der Waals surface area contributed by atoms with Gasteiger partial charge in [-0.05, 0) is 61.0 Å². The van der Waals surface area contributed by atoms with Gasteiger partial charge in [-0.15, -0.1) is 4.73 Å². The Morgan fingerprint density at radius 3 is 1.73 bits per heavy atom. The number of hydrogen-bond donors (Lipinski definition) is 1. The second-order valence-corrected chi connectivity index (χ2v) is 11.0. The van der Waals surface area contributed by atoms with Gasteiger partial charge in [-0.2, -0.15) is 0 Å². The summed E-state index contributed by atoms with van der Waals surface area (Å²) < 4.78 is 52.5. The van der Waals surface area contributed by atoms with Gasteiger partial charge in [-0.3, -0.25) is 0 Å². The van der Waals surface area contributed by atoms with Gasteiger partial charge in [0, 0.05) is 22.7 Å². The Kier molecular flexibility index (Phi) is 6.13. The van der Waals surface area contributed by atoms with Crippen LogP contribution in [0.5, 0.6) is 0 Å². The monoisotopic (exact) mass is 486 g/mol. The van der Waals surface area contributed by atoms with Crippen molar-refractivity contribution in [2.45, 2.75) is 33.3 Å². The van der Waals surface area contributed by atoms with E-state index in [1.54, 1.807) is 0 Å². The van der Waals surface area contributed by atoms with Crippen molar-refractivity contribution in [3.8, 4) is 0 Å². The smallest absolute Gasteiger partial charge is 0.319 e. The average Bonchev–Trinajstić information content (AvgIpc) is 2.69. The molecule has 0 radical (unpaired) electrons. The Labute approximate surface area is 184 Å². The molecule has 0 atom stereocenters. The summed E-state index contributed by atoms with van der Waals surface area (Å²) in [4.78, 5) is -0.419. The van der Waals surface area contributed by atoms with E-state index in [4.69, 9.17) is 28.9 Å². The lowest BCUT2D eigenvalue weighted by Crippen LogP contribution is -2.42. The molecule has 0 saturated carbocycles. The van der Waals surface area contributed by atoms with Crippen molar-refractivity contribution >= 4 is 42.9 Å². The van der Waals surface area contributed by atoms with E-state index in [2.05, 4.69) is 0 Å². The molecule has 158 valence electrons. The lowest BCUT2D eigenvalue weighted by Gasteiger charge is -2.15. The summed E-state index contributed by atoms with van der Waals surface area (Å²) in [5.41, 5.74) is 5.98. The number of rotatable bonds is 5. The molecule has 0 saturated heterocycles. The van der Waals surface area contributed by atoms with Crippen molar-refractivity contribution in [1.29, 1.82) is 0 Å². The van der Waals surface area contributed by atoms with Gasteiger partial charge in [0.1, 0.15) is 0 Å². The first kappa shape index (κ1) is 22.5. The number of sulfone groups is 2. The van der Waals surface area contributed by atoms with Crippen LogP contribution >= 0.6 is 23.2 Å². The SMILES string of the molecule is Cc1cc(S(=O)(=O)c2ccc(Cl)cc2)[n+]([O-])c(S(=O)(=O)c2ccc(Cl)cc2)c1CN. The molecule has 30 heavy (non-hydrogen) atoms. The van der Waals surface area contributed by atoms with Crippen molar-refractivity contribution in [1.82, 2.24) is 0 Å². The molecule has 11 heteroatoms. The van der Waals surface area contributed by atoms with Crippen molar-refractivity contribution in [2.75, 3.05) is 0 Å². The molecule has 3 rings (SSSR count). The third kappa shape index (κ3) is 3.91. The molecule has 1 heterocycles. The van der Waals surface area contributed by atoms with Gasteiger partial charge in [0.2, 0.25) is 0 Å². The van der Waals surface area contributed by atoms with Crippen molar-refractivity contribution in [3.05, 3.63) is 81.0 Å². The minimum absolute atomic E-state index is 0.0232. The van der Waals surface area contributed by atoms with E-state index in [-0.39, 0.29) is 32.2 Å². The van der Waals surface area contributed by atoms with Gasteiger partial charge in [-0.25, -0.2) is 16.8 Å². The summed E-state index contributed by atoms with van der Waals surface area (Å²) in [6.45, 7) is 1.21. The van der Waals surface area contributed by atoms with Crippen LogP contribution in [-0.4, -0.2) is 16.8 Å². The molecule has 0 unspecified atom stereocenters. The van der Waals surface area contributed by atoms with Gasteiger partial charge >= 0.3 is 10.1 Å². The standard InChI is InChI=1S/C19H16Cl2N2O5S2/c1-12-10-18(29(25,26)15-6-2-13(20)3-7-15)23(24)19(17(12)11-22)30(27,28)16-8-4-14(21)5-9-16/h2-10H,11,22H2,1H3. The van der Waals surface area contributed by atoms with Gasteiger partial charge in [-0.1, -0.05) is 23.2 Å². The van der Waals surface area contributed by atoms with Crippen LogP contribution in [0.3, 0.4) is 0 Å². The molecule has 3 aromatic rings. The highest BCUT2D eigenvalue weighted by atomic mass is 35.5. The normalized spacial score (nSPS) is 12.1. The number of halogens is 2. The van der Waals surface area contributed by atoms with E-state index in [1.165, 1.54) is 55.5 Å². The largest absolute Gasteiger partial charge is 0.617 e. The van der Waals surface area contributed by atoms with Crippen LogP contribution in [0.1, 0.15) is 11.1 Å². The molecule has 0 fully saturated rings. The molecule has 0 aliphatic carbocycles. The second kappa shape index (κ2) is 8.16. The lowest BCUT2D eigenvalue weighted by atomic mass is 10.2. The van der Waals surface area contributed by atoms with Gasteiger partial charge < -0.3 is 10.9 Å². The zero-order valence-corrected chi connectivity index (χ0v) is 18.7. The fourth-order valence-corrected chi connectivity index (χ4v) is 6.18. The zero-order valence-electron chi connectivity index (χ0n) is 15.5. The van der Waals surface area contributed by atoms with Crippen LogP contribution in [0.2, 0.25) is 10.0 Å². The van der Waals surface area contributed by atoms with Crippen LogP contribution in [0.25, 0.3) is 0 Å². The fraction of sp³-hybridized carbons (Fsp3) is 0.105. The Morgan fingerprint density at radius 1 is 0.867 bits per heavy atom. The number of aryl methyl sites for hydroxylation is 1. The molecule has 7 nitrogen and oxygen atoms in total. The van der Waals surface area contributed by atoms with Crippen molar-refractivity contribution in [3.63, 3.8) is 0 Å². The molecule has 0 bridgehead atoms. The number of pyridine rings is 1. The van der Waals surface area contributed by atoms with E-state index in [1.807, 2.05) is 0 Å². The number of hydrogen-bond acceptors (Lipinski definition) is 6. The maximum atomic E-state index is 13.2. The van der Waals surface area contributed by atoms with Gasteiger partial charge in [0.05, 0.1) is 15.4 Å². The third-order valence-electron chi connectivity index (χ3n) is 4.44. The van der Waals surface area contributed by atoms with Crippen LogP contribution in [0.15, 0.2) is 74.4 Å². The summed E-state index contributed by atoms with van der Waals surface area (Å²) in [6.07, 6.45) is 0. The number of nitrogens with two attached hydrogens (primary N) is 1. The van der Waals surface area contributed by atoms with E-state index < -0.39 is 29.7 Å². The van der Waals surface area contributed by atoms with Crippen LogP contribution in [0, 0.1) is 12.1 Å². The molecule has 0 amide bonds. The molecular formula is C19H16Cl2N2O5S2. The maximum Gasteiger partial charge on any atom is 0.319 e. The van der Waals surface area contributed by atoms with E-state index in [9.17, 15) is 22.0 Å². The lowest BCUT2D eigenvalue weighted by molar-refractivity contribution is -0.686. The van der Waals surface area contributed by atoms with Crippen LogP contribution in [0.4, 0.5) is 0 Å². The Balaban J connectivity index is 2.33. The molecule has 2 aromatic carbocycles. The van der Waals surface area contributed by atoms with Crippen LogP contribution < -0.4 is 10.5 Å². The van der Waals surface area contributed by atoms with E-state index in [0.29, 0.717) is 10.0 Å². The predicted molar refractivity (Wildman–Crippen MR) is 112 cm³/mol. The summed E-state index contributed by atoms with van der Waals surface area (Å²) >= 11 is 11.6. The van der Waals surface area contributed by atoms with E-state index in [0.717, 1.165) is 6.07 Å². The topological polar surface area (TPSA) is 121 Å². The first-order valence-corrected chi connectivity index (χ1v) is 12.2. The third-order valence-corrected chi connectivity index (χ3v) is 8.49. The Morgan fingerprint density at radius 2 is 1.30 bits per heavy atom. The molecule has 1 aromatic heterocycles. The Hall–Kier alpha value is -2.17. The maximum absolute atomic E-state index is 13.2. The van der Waals surface area contributed by atoms with E-state index >= 15 is 0 Å². The van der Waals surface area contributed by atoms with Gasteiger partial charge in [0.15, 0.2) is 0 Å². The number of nitrogens with zero attached hydrogens (tertiary/aromatic N) is 1. The number of aromatic nitrogens is 1. The summed E-state index contributed by atoms with van der Waals surface area (Å²) in [5.74, 6) is 0. The molecule has 2 N–H and O–H groups in total. The highest BCUT2D eigenvalue weighted by molar-refractivity contribution is 7.92. The van der Waals surface area contributed by atoms with Crippen molar-refractivity contribution in [2.24, 2.45) is 5.73 Å². The quantitative estimate of drug-likeness (QED) is 0.436. The summed E-state index contributed by atoms with van der Waals surface area (Å²) in [7, 11) is -8.74. The molecule has 0 aliphatic rings. The summed E-state index contributed by atoms with van der Waals surface area (Å²) in [5, 5.41) is 12.3. The minimum atomic E-state index is -4.40. The number of benzene rings is 2. The predicted octanol–water partition coefficient (Wildman–Crippen LogP) is 3.06.